The van der Waals surface area contributed by atoms with Gasteiger partial charge in [0.2, 0.25) is 0 Å². The minimum atomic E-state index is -0.400. The zero-order valence-corrected chi connectivity index (χ0v) is 14.5. The Morgan fingerprint density at radius 2 is 1.80 bits per heavy atom. The van der Waals surface area contributed by atoms with Crippen molar-refractivity contribution >= 4 is 18.0 Å². The van der Waals surface area contributed by atoms with Crippen LogP contribution >= 0.6 is 0 Å². The number of aryl methyl sites for hydroxylation is 2. The van der Waals surface area contributed by atoms with Crippen molar-refractivity contribution in [2.45, 2.75) is 20.4 Å². The molecule has 0 bridgehead atoms. The molecule has 5 nitrogen and oxygen atoms in total. The Balaban J connectivity index is 1.82. The van der Waals surface area contributed by atoms with Gasteiger partial charge in [-0.1, -0.05) is 35.9 Å². The minimum absolute atomic E-state index is 0.254. The number of nitrogens with zero attached hydrogens (tertiary/aromatic N) is 1. The Morgan fingerprint density at radius 1 is 1.08 bits per heavy atom. The summed E-state index contributed by atoms with van der Waals surface area (Å²) in [5, 5.41) is 2.66. The van der Waals surface area contributed by atoms with Crippen molar-refractivity contribution < 1.29 is 14.3 Å². The molecule has 128 valence electrons. The van der Waals surface area contributed by atoms with Gasteiger partial charge < -0.3 is 10.1 Å². The monoisotopic (exact) mass is 336 g/mol. The first-order valence-corrected chi connectivity index (χ1v) is 8.02. The van der Waals surface area contributed by atoms with Crippen LogP contribution in [0.5, 0.6) is 5.75 Å². The SMILES string of the molecule is COc1ccc(/C=C2/NC(=O)N(Cc3ccc(C)cc3)C2=O)c(C)c1. The van der Waals surface area contributed by atoms with E-state index >= 15 is 0 Å². The van der Waals surface area contributed by atoms with Crippen LogP contribution in [0.25, 0.3) is 6.08 Å². The number of carbonyl (C=O) groups excluding carboxylic acids is 2. The Labute approximate surface area is 146 Å². The molecule has 25 heavy (non-hydrogen) atoms. The van der Waals surface area contributed by atoms with Gasteiger partial charge in [-0.15, -0.1) is 0 Å². The fourth-order valence-electron chi connectivity index (χ4n) is 2.68. The van der Waals surface area contributed by atoms with Gasteiger partial charge in [0.25, 0.3) is 5.91 Å². The minimum Gasteiger partial charge on any atom is -0.497 e. The number of hydrogen-bond acceptors (Lipinski definition) is 3. The molecular weight excluding hydrogens is 316 g/mol. The summed E-state index contributed by atoms with van der Waals surface area (Å²) in [4.78, 5) is 26.0. The van der Waals surface area contributed by atoms with E-state index in [1.165, 1.54) is 4.90 Å². The maximum Gasteiger partial charge on any atom is 0.329 e. The molecule has 1 N–H and O–H groups in total. The number of urea groups is 1. The number of carbonyl (C=O) groups is 2. The first kappa shape index (κ1) is 16.8. The highest BCUT2D eigenvalue weighted by Crippen LogP contribution is 2.21. The molecule has 1 aliphatic heterocycles. The van der Waals surface area contributed by atoms with Crippen molar-refractivity contribution in [3.8, 4) is 5.75 Å². The predicted molar refractivity (Wildman–Crippen MR) is 96.0 cm³/mol. The van der Waals surface area contributed by atoms with E-state index in [0.29, 0.717) is 0 Å². The van der Waals surface area contributed by atoms with Crippen molar-refractivity contribution in [2.24, 2.45) is 0 Å². The summed E-state index contributed by atoms with van der Waals surface area (Å²) in [6.45, 7) is 4.18. The van der Waals surface area contributed by atoms with Gasteiger partial charge >= 0.3 is 6.03 Å². The summed E-state index contributed by atoms with van der Waals surface area (Å²) < 4.78 is 5.18. The maximum absolute atomic E-state index is 12.6. The zero-order chi connectivity index (χ0) is 18.0. The molecule has 1 saturated heterocycles. The quantitative estimate of drug-likeness (QED) is 0.688. The molecule has 0 radical (unpaired) electrons. The van der Waals surface area contributed by atoms with Gasteiger partial charge in [0.05, 0.1) is 13.7 Å². The van der Waals surface area contributed by atoms with Crippen LogP contribution in [-0.2, 0) is 11.3 Å². The van der Waals surface area contributed by atoms with E-state index in [0.717, 1.165) is 28.0 Å². The fraction of sp³-hybridized carbons (Fsp3) is 0.200. The van der Waals surface area contributed by atoms with Gasteiger partial charge in [-0.2, -0.15) is 0 Å². The van der Waals surface area contributed by atoms with Crippen LogP contribution in [0.4, 0.5) is 4.79 Å². The highest BCUT2D eigenvalue weighted by atomic mass is 16.5. The molecule has 3 rings (SSSR count). The highest BCUT2D eigenvalue weighted by Gasteiger charge is 2.33. The number of methoxy groups -OCH3 is 1. The molecular formula is C20H20N2O3. The molecule has 0 atom stereocenters. The van der Waals surface area contributed by atoms with Gasteiger partial charge in [-0.25, -0.2) is 4.79 Å². The molecule has 1 aliphatic rings. The van der Waals surface area contributed by atoms with Crippen molar-refractivity contribution in [3.05, 3.63) is 70.4 Å². The van der Waals surface area contributed by atoms with Crippen LogP contribution < -0.4 is 10.1 Å². The lowest BCUT2D eigenvalue weighted by Crippen LogP contribution is -2.30. The van der Waals surface area contributed by atoms with Gasteiger partial charge in [-0.05, 0) is 48.7 Å². The molecule has 0 saturated carbocycles. The summed E-state index contributed by atoms with van der Waals surface area (Å²) in [5.74, 6) is 0.434. The maximum atomic E-state index is 12.6. The van der Waals surface area contributed by atoms with E-state index in [1.807, 2.05) is 56.3 Å². The van der Waals surface area contributed by atoms with Crippen molar-refractivity contribution in [1.29, 1.82) is 0 Å². The number of hydrogen-bond donors (Lipinski definition) is 1. The van der Waals surface area contributed by atoms with Crippen LogP contribution in [0.1, 0.15) is 22.3 Å². The summed E-state index contributed by atoms with van der Waals surface area (Å²) >= 11 is 0. The largest absolute Gasteiger partial charge is 0.497 e. The number of ether oxygens (including phenoxy) is 1. The molecule has 0 aliphatic carbocycles. The standard InChI is InChI=1S/C20H20N2O3/c1-13-4-6-15(7-5-13)12-22-19(23)18(21-20(22)24)11-16-8-9-17(25-3)10-14(16)2/h4-11H,12H2,1-3H3,(H,21,24)/b18-11+. The van der Waals surface area contributed by atoms with Crippen LogP contribution in [0.15, 0.2) is 48.2 Å². The number of benzene rings is 2. The van der Waals surface area contributed by atoms with E-state index in [9.17, 15) is 9.59 Å². The summed E-state index contributed by atoms with van der Waals surface area (Å²) in [6, 6.07) is 12.9. The number of imide groups is 1. The predicted octanol–water partition coefficient (Wildman–Crippen LogP) is 3.40. The average Bonchev–Trinajstić information content (AvgIpc) is 2.86. The summed E-state index contributed by atoms with van der Waals surface area (Å²) in [6.07, 6.45) is 1.70. The first-order chi connectivity index (χ1) is 12.0. The van der Waals surface area contributed by atoms with Crippen LogP contribution in [0.3, 0.4) is 0 Å². The highest BCUT2D eigenvalue weighted by molar-refractivity contribution is 6.13. The third kappa shape index (κ3) is 3.55. The lowest BCUT2D eigenvalue weighted by atomic mass is 10.1. The van der Waals surface area contributed by atoms with Crippen molar-refractivity contribution in [3.63, 3.8) is 0 Å². The molecule has 1 heterocycles. The van der Waals surface area contributed by atoms with E-state index in [4.69, 9.17) is 4.74 Å². The first-order valence-electron chi connectivity index (χ1n) is 8.02. The summed E-state index contributed by atoms with van der Waals surface area (Å²) in [7, 11) is 1.61. The molecule has 2 aromatic carbocycles. The Hall–Kier alpha value is -3.08. The van der Waals surface area contributed by atoms with Crippen molar-refractivity contribution in [1.82, 2.24) is 10.2 Å². The topological polar surface area (TPSA) is 58.6 Å². The zero-order valence-electron chi connectivity index (χ0n) is 14.5. The normalized spacial score (nSPS) is 15.6. The Kier molecular flexibility index (Phi) is 4.57. The second-order valence-corrected chi connectivity index (χ2v) is 6.09. The van der Waals surface area contributed by atoms with E-state index in [2.05, 4.69) is 5.32 Å². The van der Waals surface area contributed by atoms with E-state index in [1.54, 1.807) is 13.2 Å². The lowest BCUT2D eigenvalue weighted by Gasteiger charge is -2.11. The third-order valence-electron chi connectivity index (χ3n) is 4.20. The Bertz CT molecular complexity index is 854. The van der Waals surface area contributed by atoms with Gasteiger partial charge in [0, 0.05) is 0 Å². The van der Waals surface area contributed by atoms with Crippen LogP contribution in [0.2, 0.25) is 0 Å². The fourth-order valence-corrected chi connectivity index (χ4v) is 2.68. The Morgan fingerprint density at radius 3 is 2.44 bits per heavy atom. The molecule has 0 aromatic heterocycles. The average molecular weight is 336 g/mol. The lowest BCUT2D eigenvalue weighted by molar-refractivity contribution is -0.123. The summed E-state index contributed by atoms with van der Waals surface area (Å²) in [5.41, 5.74) is 4.16. The third-order valence-corrected chi connectivity index (χ3v) is 4.20. The van der Waals surface area contributed by atoms with Crippen LogP contribution in [0, 0.1) is 13.8 Å². The number of amides is 3. The molecule has 3 amide bonds. The van der Waals surface area contributed by atoms with E-state index in [-0.39, 0.29) is 18.1 Å². The molecule has 5 heteroatoms. The van der Waals surface area contributed by atoms with Gasteiger partial charge in [-0.3, -0.25) is 9.69 Å². The smallest absolute Gasteiger partial charge is 0.329 e. The van der Waals surface area contributed by atoms with Crippen LogP contribution in [-0.4, -0.2) is 23.9 Å². The number of rotatable bonds is 4. The second-order valence-electron chi connectivity index (χ2n) is 6.09. The second kappa shape index (κ2) is 6.81. The molecule has 0 unspecified atom stereocenters. The molecule has 2 aromatic rings. The van der Waals surface area contributed by atoms with Gasteiger partial charge in [0.1, 0.15) is 11.4 Å². The van der Waals surface area contributed by atoms with E-state index < -0.39 is 6.03 Å². The van der Waals surface area contributed by atoms with Crippen molar-refractivity contribution in [2.75, 3.05) is 7.11 Å². The molecule has 1 fully saturated rings. The molecule has 0 spiro atoms. The number of nitrogens with one attached hydrogen (secondary N) is 1. The van der Waals surface area contributed by atoms with Gasteiger partial charge in [0.15, 0.2) is 0 Å².